The average molecular weight is 457 g/mol. The van der Waals surface area contributed by atoms with Crippen LogP contribution in [0.5, 0.6) is 5.75 Å². The molecule has 4 nitrogen and oxygen atoms in total. The topological polar surface area (TPSA) is 42.4 Å². The number of hydrogen-bond acceptors (Lipinski definition) is 4. The van der Waals surface area contributed by atoms with Gasteiger partial charge in [0.15, 0.2) is 5.13 Å². The van der Waals surface area contributed by atoms with Gasteiger partial charge in [-0.25, -0.2) is 4.98 Å². The van der Waals surface area contributed by atoms with Crippen LogP contribution in [-0.4, -0.2) is 17.5 Å². The minimum absolute atomic E-state index is 0.222. The van der Waals surface area contributed by atoms with Crippen molar-refractivity contribution in [3.8, 4) is 5.75 Å². The van der Waals surface area contributed by atoms with E-state index in [0.717, 1.165) is 15.8 Å². The molecule has 0 unspecified atom stereocenters. The molecule has 0 bridgehead atoms. The Morgan fingerprint density at radius 3 is 2.47 bits per heavy atom. The molecule has 4 aromatic rings. The third-order valence-corrected chi connectivity index (χ3v) is 5.92. The summed E-state index contributed by atoms with van der Waals surface area (Å²) in [5, 5.41) is 1.41. The molecular weight excluding hydrogens is 439 g/mol. The third kappa shape index (κ3) is 4.43. The normalized spacial score (nSPS) is 10.9. The highest BCUT2D eigenvalue weighted by Gasteiger charge is 2.23. The first-order valence-corrected chi connectivity index (χ1v) is 11.0. The van der Waals surface area contributed by atoms with E-state index in [0.29, 0.717) is 39.6 Å². The van der Waals surface area contributed by atoms with E-state index in [1.807, 2.05) is 55.5 Å². The lowest BCUT2D eigenvalue weighted by Crippen LogP contribution is -2.30. The Hall–Kier alpha value is -2.60. The molecule has 0 aliphatic heterocycles. The fourth-order valence-electron chi connectivity index (χ4n) is 3.12. The zero-order chi connectivity index (χ0) is 21.1. The van der Waals surface area contributed by atoms with Crippen LogP contribution in [0.15, 0.2) is 66.7 Å². The lowest BCUT2D eigenvalue weighted by molar-refractivity contribution is 0.0985. The summed E-state index contributed by atoms with van der Waals surface area (Å²) in [5.41, 5.74) is 2.14. The first kappa shape index (κ1) is 20.7. The Kier molecular flexibility index (Phi) is 6.23. The van der Waals surface area contributed by atoms with Crippen LogP contribution >= 0.6 is 34.5 Å². The first-order valence-electron chi connectivity index (χ1n) is 9.39. The number of benzene rings is 3. The lowest BCUT2D eigenvalue weighted by Gasteiger charge is -2.20. The summed E-state index contributed by atoms with van der Waals surface area (Å²) in [6.45, 7) is 2.84. The zero-order valence-electron chi connectivity index (χ0n) is 16.1. The van der Waals surface area contributed by atoms with Gasteiger partial charge < -0.3 is 4.74 Å². The van der Waals surface area contributed by atoms with Crippen molar-refractivity contribution in [2.45, 2.75) is 13.5 Å². The molecule has 7 heteroatoms. The number of ether oxygens (including phenoxy) is 1. The molecule has 1 amide bonds. The van der Waals surface area contributed by atoms with Gasteiger partial charge >= 0.3 is 0 Å². The number of rotatable bonds is 6. The van der Waals surface area contributed by atoms with E-state index in [1.54, 1.807) is 23.1 Å². The molecule has 0 radical (unpaired) electrons. The van der Waals surface area contributed by atoms with Crippen molar-refractivity contribution in [2.24, 2.45) is 0 Å². The zero-order valence-corrected chi connectivity index (χ0v) is 18.5. The second-order valence-electron chi connectivity index (χ2n) is 6.57. The highest BCUT2D eigenvalue weighted by Crippen LogP contribution is 2.35. The van der Waals surface area contributed by atoms with Gasteiger partial charge in [0.25, 0.3) is 5.91 Å². The van der Waals surface area contributed by atoms with E-state index < -0.39 is 0 Å². The van der Waals surface area contributed by atoms with Crippen LogP contribution in [0.1, 0.15) is 22.8 Å². The number of carbonyl (C=O) groups is 1. The van der Waals surface area contributed by atoms with Crippen molar-refractivity contribution in [3.05, 3.63) is 87.9 Å². The van der Waals surface area contributed by atoms with Crippen LogP contribution in [-0.2, 0) is 6.54 Å². The van der Waals surface area contributed by atoms with E-state index in [9.17, 15) is 4.79 Å². The van der Waals surface area contributed by atoms with Crippen molar-refractivity contribution in [1.82, 2.24) is 4.98 Å². The molecule has 1 aromatic heterocycles. The molecule has 1 heterocycles. The van der Waals surface area contributed by atoms with Crippen LogP contribution in [0.3, 0.4) is 0 Å². The highest BCUT2D eigenvalue weighted by molar-refractivity contribution is 7.22. The van der Waals surface area contributed by atoms with Gasteiger partial charge in [0, 0.05) is 15.6 Å². The molecule has 0 fully saturated rings. The summed E-state index contributed by atoms with van der Waals surface area (Å²) in [5.74, 6) is 0.482. The monoisotopic (exact) mass is 456 g/mol. The van der Waals surface area contributed by atoms with E-state index in [-0.39, 0.29) is 5.91 Å². The van der Waals surface area contributed by atoms with Crippen LogP contribution in [0.4, 0.5) is 5.13 Å². The number of carbonyl (C=O) groups excluding carboxylic acids is 1. The molecule has 0 spiro atoms. The van der Waals surface area contributed by atoms with Gasteiger partial charge in [0.05, 0.1) is 17.9 Å². The van der Waals surface area contributed by atoms with Gasteiger partial charge in [-0.1, -0.05) is 70.9 Å². The summed E-state index contributed by atoms with van der Waals surface area (Å²) in [7, 11) is 0. The predicted octanol–water partition coefficient (Wildman–Crippen LogP) is 6.85. The van der Waals surface area contributed by atoms with Gasteiger partial charge in [-0.15, -0.1) is 0 Å². The maximum absolute atomic E-state index is 13.5. The van der Waals surface area contributed by atoms with Gasteiger partial charge in [-0.05, 0) is 42.8 Å². The predicted molar refractivity (Wildman–Crippen MR) is 124 cm³/mol. The fourth-order valence-corrected chi connectivity index (χ4v) is 4.63. The first-order chi connectivity index (χ1) is 14.5. The standard InChI is InChI=1S/C23H18Cl2N2O2S/c1-2-29-19-9-6-10-20-21(19)26-23(30-20)27(14-15-7-4-3-5-8-15)22(28)16-11-17(24)13-18(25)12-16/h3-13H,2,14H2,1H3. The summed E-state index contributed by atoms with van der Waals surface area (Å²) in [6, 6.07) is 20.4. The van der Waals surface area contributed by atoms with E-state index >= 15 is 0 Å². The maximum Gasteiger partial charge on any atom is 0.260 e. The van der Waals surface area contributed by atoms with Crippen LogP contribution in [0, 0.1) is 0 Å². The van der Waals surface area contributed by atoms with Gasteiger partial charge in [0.2, 0.25) is 0 Å². The number of hydrogen-bond donors (Lipinski definition) is 0. The Balaban J connectivity index is 1.80. The van der Waals surface area contributed by atoms with Crippen molar-refractivity contribution in [1.29, 1.82) is 0 Å². The van der Waals surface area contributed by atoms with Crippen LogP contribution < -0.4 is 9.64 Å². The van der Waals surface area contributed by atoms with Crippen LogP contribution in [0.25, 0.3) is 10.2 Å². The number of halogens is 2. The van der Waals surface area contributed by atoms with Crippen molar-refractivity contribution < 1.29 is 9.53 Å². The molecule has 0 atom stereocenters. The number of fused-ring (bicyclic) bond motifs is 1. The molecular formula is C23H18Cl2N2O2S. The molecule has 3 aromatic carbocycles. The smallest absolute Gasteiger partial charge is 0.260 e. The second kappa shape index (κ2) is 9.04. The van der Waals surface area contributed by atoms with Crippen LogP contribution in [0.2, 0.25) is 10.0 Å². The number of para-hydroxylation sites is 1. The Morgan fingerprint density at radius 2 is 1.77 bits per heavy atom. The maximum atomic E-state index is 13.5. The summed E-state index contributed by atoms with van der Waals surface area (Å²) >= 11 is 13.7. The average Bonchev–Trinajstić information content (AvgIpc) is 3.17. The molecule has 30 heavy (non-hydrogen) atoms. The van der Waals surface area contributed by atoms with Gasteiger partial charge in [-0.2, -0.15) is 0 Å². The number of thiazole rings is 1. The molecule has 4 rings (SSSR count). The Labute approximate surface area is 188 Å². The Bertz CT molecular complexity index is 1170. The Morgan fingerprint density at radius 1 is 1.03 bits per heavy atom. The summed E-state index contributed by atoms with van der Waals surface area (Å²) < 4.78 is 6.66. The number of nitrogens with zero attached hydrogens (tertiary/aromatic N) is 2. The fraction of sp³-hybridized carbons (Fsp3) is 0.130. The molecule has 152 valence electrons. The number of amides is 1. The third-order valence-electron chi connectivity index (χ3n) is 4.44. The summed E-state index contributed by atoms with van der Waals surface area (Å²) in [6.07, 6.45) is 0. The SMILES string of the molecule is CCOc1cccc2sc(N(Cc3ccccc3)C(=O)c3cc(Cl)cc(Cl)c3)nc12. The number of anilines is 1. The van der Waals surface area contributed by atoms with Gasteiger partial charge in [0.1, 0.15) is 11.3 Å². The summed E-state index contributed by atoms with van der Waals surface area (Å²) in [4.78, 5) is 19.9. The molecule has 0 N–H and O–H groups in total. The van der Waals surface area contributed by atoms with Gasteiger partial charge in [-0.3, -0.25) is 9.69 Å². The minimum atomic E-state index is -0.222. The second-order valence-corrected chi connectivity index (χ2v) is 8.45. The van der Waals surface area contributed by atoms with E-state index in [1.165, 1.54) is 11.3 Å². The lowest BCUT2D eigenvalue weighted by atomic mass is 10.1. The number of aromatic nitrogens is 1. The molecule has 0 saturated heterocycles. The van der Waals surface area contributed by atoms with Crippen molar-refractivity contribution >= 4 is 55.8 Å². The quantitative estimate of drug-likeness (QED) is 0.318. The van der Waals surface area contributed by atoms with E-state index in [4.69, 9.17) is 32.9 Å². The van der Waals surface area contributed by atoms with Crippen molar-refractivity contribution in [3.63, 3.8) is 0 Å². The van der Waals surface area contributed by atoms with Crippen molar-refractivity contribution in [2.75, 3.05) is 11.5 Å². The largest absolute Gasteiger partial charge is 0.492 e. The molecule has 0 aliphatic rings. The van der Waals surface area contributed by atoms with E-state index in [2.05, 4.69) is 0 Å². The molecule has 0 aliphatic carbocycles. The minimum Gasteiger partial charge on any atom is -0.492 e. The molecule has 0 saturated carbocycles. The highest BCUT2D eigenvalue weighted by atomic mass is 35.5.